The van der Waals surface area contributed by atoms with Crippen molar-refractivity contribution in [3.63, 3.8) is 0 Å². The molecular weight excluding hydrogens is 435 g/mol. The first-order chi connectivity index (χ1) is 6.81. The molecule has 0 fully saturated rings. The fraction of sp³-hybridized carbons (Fsp3) is 0.308. The summed E-state index contributed by atoms with van der Waals surface area (Å²) in [6.45, 7) is 6.49. The molecule has 0 unspecified atom stereocenters. The molecule has 0 saturated heterocycles. The van der Waals surface area contributed by atoms with Crippen LogP contribution in [-0.2, 0) is 32.6 Å². The molecule has 0 aliphatic carbocycles. The maximum Gasteiger partial charge on any atom is 3.00 e. The molecule has 0 spiro atoms. The van der Waals surface area contributed by atoms with Gasteiger partial charge in [0.05, 0.1) is 0 Å². The van der Waals surface area contributed by atoms with Crippen molar-refractivity contribution in [1.82, 2.24) is 0 Å². The first-order valence-corrected chi connectivity index (χ1v) is 7.04. The fourth-order valence-corrected chi connectivity index (χ4v) is 1.42. The van der Waals surface area contributed by atoms with E-state index in [0.717, 1.165) is 15.9 Å². The molecule has 0 aromatic heterocycles. The van der Waals surface area contributed by atoms with Gasteiger partial charge >= 0.3 is 26.2 Å². The van der Waals surface area contributed by atoms with Crippen LogP contribution in [0.25, 0.3) is 10.8 Å². The third-order valence-electron chi connectivity index (χ3n) is 2.09. The second-order valence-electron chi connectivity index (χ2n) is 3.35. The van der Waals surface area contributed by atoms with Crippen LogP contribution in [0.15, 0.2) is 36.4 Å². The van der Waals surface area contributed by atoms with Gasteiger partial charge in [-0.2, -0.15) is 6.07 Å². The zero-order valence-electron chi connectivity index (χ0n) is 10.4. The van der Waals surface area contributed by atoms with Crippen LogP contribution in [0, 0.1) is 0 Å². The Morgan fingerprint density at radius 2 is 1.65 bits per heavy atom. The summed E-state index contributed by atoms with van der Waals surface area (Å²) in [7, 11) is 1.08. The Hall–Kier alpha value is 0.890. The topological polar surface area (TPSA) is 0 Å². The van der Waals surface area contributed by atoms with Crippen molar-refractivity contribution in [3.8, 4) is 0 Å². The number of benzene rings is 1. The molecular formula is C13H17Br2SiZr. The zero-order valence-corrected chi connectivity index (χ0v) is 17.1. The smallest absolute Gasteiger partial charge is 1.00 e. The van der Waals surface area contributed by atoms with Gasteiger partial charge < -0.3 is 34.0 Å². The van der Waals surface area contributed by atoms with E-state index in [-0.39, 0.29) is 60.2 Å². The molecule has 0 N–H and O–H groups in total. The Kier molecular flexibility index (Phi) is 18.0. The van der Waals surface area contributed by atoms with Gasteiger partial charge in [-0.25, -0.2) is 0 Å². The van der Waals surface area contributed by atoms with E-state index in [0.29, 0.717) is 0 Å². The standard InChI is InChI=1S/C11H11.C2H6Si.2BrH.Zr/c1-2-9-7-10-5-3-4-6-11(10)8-9;1-3-2;;;/h3-8H,2H2,1H3;1-2H3;2*1H;/q-1;;;;+3/p-2. The molecule has 0 bridgehead atoms. The molecule has 0 amide bonds. The minimum absolute atomic E-state index is 0. The monoisotopic (exact) mass is 449 g/mol. The van der Waals surface area contributed by atoms with Crippen LogP contribution in [0.4, 0.5) is 0 Å². The van der Waals surface area contributed by atoms with Crippen molar-refractivity contribution < 1.29 is 60.2 Å². The van der Waals surface area contributed by atoms with E-state index in [1.807, 2.05) is 0 Å². The molecule has 2 aromatic rings. The molecule has 91 valence electrons. The molecule has 17 heavy (non-hydrogen) atoms. The van der Waals surface area contributed by atoms with Gasteiger partial charge in [0.25, 0.3) is 0 Å². The van der Waals surface area contributed by atoms with Crippen LogP contribution in [0.1, 0.15) is 12.5 Å². The van der Waals surface area contributed by atoms with Crippen molar-refractivity contribution in [2.45, 2.75) is 26.4 Å². The van der Waals surface area contributed by atoms with Crippen LogP contribution < -0.4 is 34.0 Å². The van der Waals surface area contributed by atoms with Gasteiger partial charge in [-0.05, 0) is 6.42 Å². The zero-order chi connectivity index (χ0) is 10.4. The largest absolute Gasteiger partial charge is 3.00 e. The van der Waals surface area contributed by atoms with Crippen molar-refractivity contribution in [2.24, 2.45) is 0 Å². The summed E-state index contributed by atoms with van der Waals surface area (Å²) in [6, 6.07) is 13.0. The summed E-state index contributed by atoms with van der Waals surface area (Å²) in [6.07, 6.45) is 1.13. The molecule has 0 heterocycles. The van der Waals surface area contributed by atoms with Gasteiger partial charge in [0.15, 0.2) is 0 Å². The van der Waals surface area contributed by atoms with Gasteiger partial charge in [0.2, 0.25) is 0 Å². The van der Waals surface area contributed by atoms with Gasteiger partial charge in [0, 0.05) is 9.52 Å². The third-order valence-corrected chi connectivity index (χ3v) is 2.09. The predicted molar refractivity (Wildman–Crippen MR) is 66.4 cm³/mol. The molecule has 0 nitrogen and oxygen atoms in total. The summed E-state index contributed by atoms with van der Waals surface area (Å²) in [5.41, 5.74) is 1.44. The van der Waals surface area contributed by atoms with E-state index < -0.39 is 0 Å². The number of rotatable bonds is 1. The molecule has 0 atom stereocenters. The molecule has 0 aliphatic heterocycles. The quantitative estimate of drug-likeness (QED) is 0.344. The van der Waals surface area contributed by atoms with E-state index in [9.17, 15) is 0 Å². The molecule has 0 saturated carbocycles. The SMILES string of the molecule is CCc1cc2ccccc2[cH-]1.C[Si]C.[Br-].[Br-].[Zr+3]. The second-order valence-corrected chi connectivity index (χ2v) is 4.35. The first-order valence-electron chi connectivity index (χ1n) is 5.04. The van der Waals surface area contributed by atoms with Crippen molar-refractivity contribution in [2.75, 3.05) is 0 Å². The summed E-state index contributed by atoms with van der Waals surface area (Å²) in [5.74, 6) is 0. The van der Waals surface area contributed by atoms with Crippen LogP contribution in [0.2, 0.25) is 13.1 Å². The molecule has 3 radical (unpaired) electrons. The van der Waals surface area contributed by atoms with Crippen molar-refractivity contribution in [1.29, 1.82) is 0 Å². The van der Waals surface area contributed by atoms with Crippen LogP contribution >= 0.6 is 0 Å². The minimum atomic E-state index is 0. The summed E-state index contributed by atoms with van der Waals surface area (Å²) in [5, 5.41) is 2.73. The van der Waals surface area contributed by atoms with Crippen LogP contribution in [-0.4, -0.2) is 9.52 Å². The fourth-order valence-electron chi connectivity index (χ4n) is 1.42. The Bertz CT molecular complexity index is 355. The molecule has 2 rings (SSSR count). The number of hydrogen-bond donors (Lipinski definition) is 0. The van der Waals surface area contributed by atoms with Gasteiger partial charge in [-0.15, -0.1) is 40.6 Å². The Balaban J connectivity index is -0.000000300. The Labute approximate surface area is 147 Å². The number of halogens is 2. The van der Waals surface area contributed by atoms with Crippen molar-refractivity contribution >= 4 is 20.3 Å². The maximum atomic E-state index is 2.26. The Morgan fingerprint density at radius 3 is 2.12 bits per heavy atom. The number of aryl methyl sites for hydroxylation is 1. The van der Waals surface area contributed by atoms with Crippen molar-refractivity contribution in [3.05, 3.63) is 42.0 Å². The molecule has 0 aliphatic rings. The molecule has 2 aromatic carbocycles. The van der Waals surface area contributed by atoms with Gasteiger partial charge in [0.1, 0.15) is 0 Å². The van der Waals surface area contributed by atoms with E-state index in [1.165, 1.54) is 16.3 Å². The van der Waals surface area contributed by atoms with E-state index in [2.05, 4.69) is 56.4 Å². The summed E-state index contributed by atoms with van der Waals surface area (Å²) in [4.78, 5) is 0. The van der Waals surface area contributed by atoms with Crippen LogP contribution in [0.5, 0.6) is 0 Å². The molecule has 4 heteroatoms. The first kappa shape index (κ1) is 23.0. The minimum Gasteiger partial charge on any atom is -1.00 e. The number of hydrogen-bond acceptors (Lipinski definition) is 0. The van der Waals surface area contributed by atoms with Gasteiger partial charge in [-0.1, -0.05) is 26.1 Å². The normalized spacial score (nSPS) is 7.94. The summed E-state index contributed by atoms with van der Waals surface area (Å²) < 4.78 is 0. The van der Waals surface area contributed by atoms with E-state index >= 15 is 0 Å². The third kappa shape index (κ3) is 7.81. The number of fused-ring (bicyclic) bond motifs is 1. The van der Waals surface area contributed by atoms with E-state index in [1.54, 1.807) is 0 Å². The van der Waals surface area contributed by atoms with Gasteiger partial charge in [-0.3, -0.25) is 0 Å². The average Bonchev–Trinajstić information content (AvgIpc) is 2.61. The second kappa shape index (κ2) is 13.3. The Morgan fingerprint density at radius 1 is 1.12 bits per heavy atom. The predicted octanol–water partition coefficient (Wildman–Crippen LogP) is -2.09. The average molecular weight is 452 g/mol. The van der Waals surface area contributed by atoms with E-state index in [4.69, 9.17) is 0 Å². The van der Waals surface area contributed by atoms with Crippen LogP contribution in [0.3, 0.4) is 0 Å². The summed E-state index contributed by atoms with van der Waals surface area (Å²) >= 11 is 0. The maximum absolute atomic E-state index is 2.26.